The highest BCUT2D eigenvalue weighted by atomic mass is 16.5. The maximum Gasteiger partial charge on any atom is 0.133 e. The maximum atomic E-state index is 5.60. The SMILES string of the molecule is CC(C)COCCOC(CN)c1ccco1. The van der Waals surface area contributed by atoms with Crippen molar-refractivity contribution in [3.8, 4) is 0 Å². The van der Waals surface area contributed by atoms with Gasteiger partial charge in [0.2, 0.25) is 0 Å². The third kappa shape index (κ3) is 4.79. The van der Waals surface area contributed by atoms with E-state index >= 15 is 0 Å². The van der Waals surface area contributed by atoms with Crippen LogP contribution in [0.1, 0.15) is 25.7 Å². The van der Waals surface area contributed by atoms with Gasteiger partial charge in [-0.1, -0.05) is 13.8 Å². The first kappa shape index (κ1) is 13.2. The number of hydrogen-bond acceptors (Lipinski definition) is 4. The summed E-state index contributed by atoms with van der Waals surface area (Å²) in [6, 6.07) is 3.70. The molecule has 0 bridgehead atoms. The van der Waals surface area contributed by atoms with E-state index in [0.29, 0.717) is 25.7 Å². The first-order valence-corrected chi connectivity index (χ1v) is 5.67. The lowest BCUT2D eigenvalue weighted by atomic mass is 10.2. The molecule has 0 aliphatic carbocycles. The van der Waals surface area contributed by atoms with E-state index in [-0.39, 0.29) is 6.10 Å². The Morgan fingerprint density at radius 1 is 1.38 bits per heavy atom. The molecule has 0 aliphatic rings. The summed E-state index contributed by atoms with van der Waals surface area (Å²) < 4.78 is 16.2. The highest BCUT2D eigenvalue weighted by Crippen LogP contribution is 2.15. The van der Waals surface area contributed by atoms with E-state index in [4.69, 9.17) is 19.6 Å². The van der Waals surface area contributed by atoms with E-state index in [9.17, 15) is 0 Å². The lowest BCUT2D eigenvalue weighted by molar-refractivity contribution is -0.00595. The molecule has 2 N–H and O–H groups in total. The van der Waals surface area contributed by atoms with E-state index in [1.807, 2.05) is 12.1 Å². The molecule has 4 heteroatoms. The molecule has 0 saturated carbocycles. The lowest BCUT2D eigenvalue weighted by Crippen LogP contribution is -2.18. The molecule has 0 aromatic carbocycles. The fourth-order valence-corrected chi connectivity index (χ4v) is 1.31. The van der Waals surface area contributed by atoms with E-state index in [0.717, 1.165) is 12.4 Å². The Kier molecular flexibility index (Phi) is 6.15. The Balaban J connectivity index is 2.15. The van der Waals surface area contributed by atoms with Crippen molar-refractivity contribution in [2.45, 2.75) is 20.0 Å². The zero-order chi connectivity index (χ0) is 11.8. The van der Waals surface area contributed by atoms with Gasteiger partial charge in [0, 0.05) is 13.2 Å². The van der Waals surface area contributed by atoms with Crippen LogP contribution in [0.15, 0.2) is 22.8 Å². The predicted octanol–water partition coefficient (Wildman–Crippen LogP) is 1.97. The minimum atomic E-state index is -0.169. The second-order valence-corrected chi connectivity index (χ2v) is 4.08. The minimum absolute atomic E-state index is 0.169. The number of rotatable bonds is 8. The van der Waals surface area contributed by atoms with Crippen molar-refractivity contribution in [2.24, 2.45) is 11.7 Å². The van der Waals surface area contributed by atoms with Gasteiger partial charge in [-0.05, 0) is 18.1 Å². The van der Waals surface area contributed by atoms with Gasteiger partial charge < -0.3 is 19.6 Å². The van der Waals surface area contributed by atoms with Crippen molar-refractivity contribution < 1.29 is 13.9 Å². The third-order valence-electron chi connectivity index (χ3n) is 2.07. The lowest BCUT2D eigenvalue weighted by Gasteiger charge is -2.14. The largest absolute Gasteiger partial charge is 0.467 e. The summed E-state index contributed by atoms with van der Waals surface area (Å²) in [5.74, 6) is 1.32. The van der Waals surface area contributed by atoms with Crippen molar-refractivity contribution >= 4 is 0 Å². The molecule has 1 unspecified atom stereocenters. The molecule has 0 fully saturated rings. The minimum Gasteiger partial charge on any atom is -0.467 e. The van der Waals surface area contributed by atoms with Crippen LogP contribution in [0.3, 0.4) is 0 Å². The van der Waals surface area contributed by atoms with Crippen molar-refractivity contribution in [3.63, 3.8) is 0 Å². The Bertz CT molecular complexity index is 259. The molecule has 0 radical (unpaired) electrons. The van der Waals surface area contributed by atoms with E-state index in [1.54, 1.807) is 6.26 Å². The number of hydrogen-bond donors (Lipinski definition) is 1. The summed E-state index contributed by atoms with van der Waals surface area (Å²) in [7, 11) is 0. The molecular weight excluding hydrogens is 206 g/mol. The van der Waals surface area contributed by atoms with Gasteiger partial charge in [0.1, 0.15) is 11.9 Å². The van der Waals surface area contributed by atoms with Crippen LogP contribution in [0, 0.1) is 5.92 Å². The van der Waals surface area contributed by atoms with E-state index in [2.05, 4.69) is 13.8 Å². The molecule has 0 saturated heterocycles. The smallest absolute Gasteiger partial charge is 0.133 e. The first-order chi connectivity index (χ1) is 7.74. The number of nitrogens with two attached hydrogens (primary N) is 1. The molecule has 0 aliphatic heterocycles. The summed E-state index contributed by atoms with van der Waals surface area (Å²) >= 11 is 0. The quantitative estimate of drug-likeness (QED) is 0.690. The standard InChI is InChI=1S/C12H21NO3/c1-10(2)9-14-6-7-16-12(8-13)11-4-3-5-15-11/h3-5,10,12H,6-9,13H2,1-2H3. The maximum absolute atomic E-state index is 5.60. The van der Waals surface area contributed by atoms with Crippen molar-refractivity contribution in [1.29, 1.82) is 0 Å². The van der Waals surface area contributed by atoms with Crippen LogP contribution in [0.25, 0.3) is 0 Å². The van der Waals surface area contributed by atoms with E-state index in [1.165, 1.54) is 0 Å². The fraction of sp³-hybridized carbons (Fsp3) is 0.667. The summed E-state index contributed by atoms with van der Waals surface area (Å²) in [5.41, 5.74) is 5.60. The van der Waals surface area contributed by atoms with Gasteiger partial charge in [-0.2, -0.15) is 0 Å². The highest BCUT2D eigenvalue weighted by molar-refractivity contribution is 5.02. The predicted molar refractivity (Wildman–Crippen MR) is 62.1 cm³/mol. The molecule has 1 aromatic rings. The molecule has 4 nitrogen and oxygen atoms in total. The normalized spacial score (nSPS) is 13.2. The Labute approximate surface area is 96.7 Å². The topological polar surface area (TPSA) is 57.6 Å². The molecule has 1 rings (SSSR count). The molecule has 0 amide bonds. The molecule has 1 aromatic heterocycles. The Hall–Kier alpha value is -0.840. The Morgan fingerprint density at radius 3 is 2.75 bits per heavy atom. The summed E-state index contributed by atoms with van der Waals surface area (Å²) in [6.07, 6.45) is 1.45. The zero-order valence-electron chi connectivity index (χ0n) is 10.0. The average Bonchev–Trinajstić information content (AvgIpc) is 2.76. The second kappa shape index (κ2) is 7.44. The van der Waals surface area contributed by atoms with Crippen LogP contribution in [0.2, 0.25) is 0 Å². The number of ether oxygens (including phenoxy) is 2. The monoisotopic (exact) mass is 227 g/mol. The van der Waals surface area contributed by atoms with Gasteiger partial charge in [-0.25, -0.2) is 0 Å². The second-order valence-electron chi connectivity index (χ2n) is 4.08. The van der Waals surface area contributed by atoms with Crippen LogP contribution in [-0.2, 0) is 9.47 Å². The van der Waals surface area contributed by atoms with Crippen LogP contribution < -0.4 is 5.73 Å². The van der Waals surface area contributed by atoms with Gasteiger partial charge in [-0.15, -0.1) is 0 Å². The van der Waals surface area contributed by atoms with Crippen LogP contribution in [0.5, 0.6) is 0 Å². The van der Waals surface area contributed by atoms with Gasteiger partial charge in [0.05, 0.1) is 19.5 Å². The molecule has 1 atom stereocenters. The van der Waals surface area contributed by atoms with Gasteiger partial charge in [-0.3, -0.25) is 0 Å². The van der Waals surface area contributed by atoms with Gasteiger partial charge in [0.15, 0.2) is 0 Å². The summed E-state index contributed by atoms with van der Waals surface area (Å²) in [5, 5.41) is 0. The Morgan fingerprint density at radius 2 is 2.19 bits per heavy atom. The summed E-state index contributed by atoms with van der Waals surface area (Å²) in [6.45, 7) is 6.54. The van der Waals surface area contributed by atoms with Crippen LogP contribution in [-0.4, -0.2) is 26.4 Å². The zero-order valence-corrected chi connectivity index (χ0v) is 10.0. The first-order valence-electron chi connectivity index (χ1n) is 5.67. The van der Waals surface area contributed by atoms with Gasteiger partial charge >= 0.3 is 0 Å². The third-order valence-corrected chi connectivity index (χ3v) is 2.07. The van der Waals surface area contributed by atoms with Gasteiger partial charge in [0.25, 0.3) is 0 Å². The number of furan rings is 1. The highest BCUT2D eigenvalue weighted by Gasteiger charge is 2.12. The molecule has 0 spiro atoms. The molecule has 16 heavy (non-hydrogen) atoms. The van der Waals surface area contributed by atoms with Crippen molar-refractivity contribution in [2.75, 3.05) is 26.4 Å². The molecule has 1 heterocycles. The fourth-order valence-electron chi connectivity index (χ4n) is 1.31. The average molecular weight is 227 g/mol. The van der Waals surface area contributed by atoms with Crippen molar-refractivity contribution in [1.82, 2.24) is 0 Å². The van der Waals surface area contributed by atoms with Crippen LogP contribution >= 0.6 is 0 Å². The van der Waals surface area contributed by atoms with E-state index < -0.39 is 0 Å². The summed E-state index contributed by atoms with van der Waals surface area (Å²) in [4.78, 5) is 0. The van der Waals surface area contributed by atoms with Crippen LogP contribution in [0.4, 0.5) is 0 Å². The van der Waals surface area contributed by atoms with Crippen molar-refractivity contribution in [3.05, 3.63) is 24.2 Å². The molecular formula is C12H21NO3. The molecule has 92 valence electrons.